The molecule has 92 valence electrons. The molecule has 0 saturated heterocycles. The lowest BCUT2D eigenvalue weighted by Crippen LogP contribution is -2.12. The molecular formula is C15H16N2S. The van der Waals surface area contributed by atoms with Crippen LogP contribution >= 0.6 is 11.8 Å². The largest absolute Gasteiger partial charge is 0.384 e. The van der Waals surface area contributed by atoms with Gasteiger partial charge in [0.15, 0.2) is 0 Å². The van der Waals surface area contributed by atoms with Gasteiger partial charge in [0.25, 0.3) is 0 Å². The van der Waals surface area contributed by atoms with E-state index in [9.17, 15) is 0 Å². The zero-order valence-corrected chi connectivity index (χ0v) is 11.3. The normalized spacial score (nSPS) is 10.3. The first kappa shape index (κ1) is 12.7. The van der Waals surface area contributed by atoms with E-state index in [1.807, 2.05) is 37.3 Å². The number of nitrogens with one attached hydrogen (secondary N) is 1. The first-order valence-corrected chi connectivity index (χ1v) is 6.58. The molecule has 2 aromatic rings. The fourth-order valence-electron chi connectivity index (χ4n) is 1.73. The van der Waals surface area contributed by atoms with Crippen molar-refractivity contribution in [1.82, 2.24) is 0 Å². The lowest BCUT2D eigenvalue weighted by Gasteiger charge is -2.10. The van der Waals surface area contributed by atoms with Crippen LogP contribution in [0.5, 0.6) is 0 Å². The summed E-state index contributed by atoms with van der Waals surface area (Å²) in [5.41, 5.74) is 8.81. The first-order chi connectivity index (χ1) is 8.58. The SMILES string of the molecule is Cc1ccc(Sc2ccccc2C)c(C(=N)N)c1. The van der Waals surface area contributed by atoms with Crippen molar-refractivity contribution in [3.05, 3.63) is 59.2 Å². The molecule has 2 rings (SSSR count). The number of nitrogen functional groups attached to an aromatic ring is 1. The van der Waals surface area contributed by atoms with E-state index < -0.39 is 0 Å². The highest BCUT2D eigenvalue weighted by atomic mass is 32.2. The van der Waals surface area contributed by atoms with Gasteiger partial charge in [-0.2, -0.15) is 0 Å². The highest BCUT2D eigenvalue weighted by Gasteiger charge is 2.08. The van der Waals surface area contributed by atoms with Gasteiger partial charge >= 0.3 is 0 Å². The number of benzene rings is 2. The smallest absolute Gasteiger partial charge is 0.123 e. The van der Waals surface area contributed by atoms with Gasteiger partial charge in [-0.1, -0.05) is 41.6 Å². The van der Waals surface area contributed by atoms with Crippen molar-refractivity contribution in [1.29, 1.82) is 5.41 Å². The second-order valence-electron chi connectivity index (χ2n) is 4.28. The predicted molar refractivity (Wildman–Crippen MR) is 77.5 cm³/mol. The molecule has 0 bridgehead atoms. The van der Waals surface area contributed by atoms with Gasteiger partial charge in [0.05, 0.1) is 0 Å². The molecule has 2 aromatic carbocycles. The minimum atomic E-state index is 0.120. The molecule has 0 spiro atoms. The van der Waals surface area contributed by atoms with Crippen molar-refractivity contribution >= 4 is 17.6 Å². The summed E-state index contributed by atoms with van der Waals surface area (Å²) in [6.07, 6.45) is 0. The van der Waals surface area contributed by atoms with E-state index in [2.05, 4.69) is 19.1 Å². The Balaban J connectivity index is 2.41. The molecule has 2 nitrogen and oxygen atoms in total. The maximum atomic E-state index is 7.66. The number of hydrogen-bond acceptors (Lipinski definition) is 2. The fraction of sp³-hybridized carbons (Fsp3) is 0.133. The Bertz CT molecular complexity index is 591. The summed E-state index contributed by atoms with van der Waals surface area (Å²) in [5, 5.41) is 7.66. The number of aryl methyl sites for hydroxylation is 2. The molecule has 0 aliphatic heterocycles. The van der Waals surface area contributed by atoms with Gasteiger partial charge in [-0.3, -0.25) is 5.41 Å². The maximum Gasteiger partial charge on any atom is 0.123 e. The van der Waals surface area contributed by atoms with E-state index >= 15 is 0 Å². The van der Waals surface area contributed by atoms with Gasteiger partial charge < -0.3 is 5.73 Å². The summed E-state index contributed by atoms with van der Waals surface area (Å²) in [6, 6.07) is 14.3. The lowest BCUT2D eigenvalue weighted by atomic mass is 10.1. The molecule has 0 unspecified atom stereocenters. The fourth-order valence-corrected chi connectivity index (χ4v) is 2.76. The van der Waals surface area contributed by atoms with Gasteiger partial charge in [-0.25, -0.2) is 0 Å². The molecule has 0 atom stereocenters. The number of rotatable bonds is 3. The molecule has 0 aliphatic rings. The minimum Gasteiger partial charge on any atom is -0.384 e. The van der Waals surface area contributed by atoms with Crippen molar-refractivity contribution in [2.24, 2.45) is 5.73 Å². The third-order valence-corrected chi connectivity index (χ3v) is 3.99. The Morgan fingerprint density at radius 3 is 2.44 bits per heavy atom. The monoisotopic (exact) mass is 256 g/mol. The number of hydrogen-bond donors (Lipinski definition) is 2. The van der Waals surface area contributed by atoms with E-state index in [1.165, 1.54) is 10.5 Å². The first-order valence-electron chi connectivity index (χ1n) is 5.76. The van der Waals surface area contributed by atoms with Crippen LogP contribution in [-0.2, 0) is 0 Å². The van der Waals surface area contributed by atoms with Crippen molar-refractivity contribution in [3.8, 4) is 0 Å². The highest BCUT2D eigenvalue weighted by Crippen LogP contribution is 2.32. The van der Waals surface area contributed by atoms with Gasteiger partial charge in [0.1, 0.15) is 5.84 Å². The quantitative estimate of drug-likeness (QED) is 0.649. The molecule has 18 heavy (non-hydrogen) atoms. The molecule has 0 fully saturated rings. The molecule has 0 aliphatic carbocycles. The Kier molecular flexibility index (Phi) is 3.72. The van der Waals surface area contributed by atoms with Crippen LogP contribution in [0.15, 0.2) is 52.3 Å². The van der Waals surface area contributed by atoms with E-state index in [-0.39, 0.29) is 5.84 Å². The van der Waals surface area contributed by atoms with Crippen LogP contribution < -0.4 is 5.73 Å². The summed E-state index contributed by atoms with van der Waals surface area (Å²) >= 11 is 1.66. The van der Waals surface area contributed by atoms with Crippen LogP contribution in [0.25, 0.3) is 0 Å². The van der Waals surface area contributed by atoms with Crippen LogP contribution in [0.2, 0.25) is 0 Å². The Hall–Kier alpha value is -1.74. The Morgan fingerprint density at radius 2 is 1.78 bits per heavy atom. The molecule has 0 heterocycles. The van der Waals surface area contributed by atoms with E-state index in [4.69, 9.17) is 11.1 Å². The van der Waals surface area contributed by atoms with Crippen LogP contribution in [-0.4, -0.2) is 5.84 Å². The second kappa shape index (κ2) is 5.27. The average molecular weight is 256 g/mol. The molecule has 0 amide bonds. The van der Waals surface area contributed by atoms with E-state index in [1.54, 1.807) is 11.8 Å². The van der Waals surface area contributed by atoms with Gasteiger partial charge in [-0.15, -0.1) is 0 Å². The zero-order valence-electron chi connectivity index (χ0n) is 10.5. The molecule has 3 N–H and O–H groups in total. The molecular weight excluding hydrogens is 240 g/mol. The maximum absolute atomic E-state index is 7.66. The molecule has 0 radical (unpaired) electrons. The van der Waals surface area contributed by atoms with E-state index in [0.29, 0.717) is 0 Å². The second-order valence-corrected chi connectivity index (χ2v) is 5.36. The van der Waals surface area contributed by atoms with E-state index in [0.717, 1.165) is 16.0 Å². The van der Waals surface area contributed by atoms with Gasteiger partial charge in [0.2, 0.25) is 0 Å². The summed E-state index contributed by atoms with van der Waals surface area (Å²) in [5.74, 6) is 0.120. The van der Waals surface area contributed by atoms with Crippen LogP contribution in [0.1, 0.15) is 16.7 Å². The third-order valence-electron chi connectivity index (χ3n) is 2.74. The lowest BCUT2D eigenvalue weighted by molar-refractivity contribution is 1.27. The summed E-state index contributed by atoms with van der Waals surface area (Å²) < 4.78 is 0. The van der Waals surface area contributed by atoms with Gasteiger partial charge in [-0.05, 0) is 37.6 Å². The summed E-state index contributed by atoms with van der Waals surface area (Å²) in [7, 11) is 0. The van der Waals surface area contributed by atoms with Crippen molar-refractivity contribution in [2.75, 3.05) is 0 Å². The molecule has 3 heteroatoms. The van der Waals surface area contributed by atoms with Crippen molar-refractivity contribution in [3.63, 3.8) is 0 Å². The van der Waals surface area contributed by atoms with Crippen molar-refractivity contribution in [2.45, 2.75) is 23.6 Å². The predicted octanol–water partition coefficient (Wildman–Crippen LogP) is 3.74. The average Bonchev–Trinajstić information content (AvgIpc) is 2.34. The molecule has 0 saturated carbocycles. The van der Waals surface area contributed by atoms with Crippen LogP contribution in [0, 0.1) is 19.3 Å². The number of nitrogens with two attached hydrogens (primary N) is 1. The van der Waals surface area contributed by atoms with Crippen molar-refractivity contribution < 1.29 is 0 Å². The Morgan fingerprint density at radius 1 is 1.06 bits per heavy atom. The standard InChI is InChI=1S/C15H16N2S/c1-10-7-8-14(12(9-10)15(16)17)18-13-6-4-3-5-11(13)2/h3-9H,1-2H3,(H3,16,17). The van der Waals surface area contributed by atoms with Gasteiger partial charge in [0, 0.05) is 15.4 Å². The van der Waals surface area contributed by atoms with Crippen LogP contribution in [0.4, 0.5) is 0 Å². The Labute approximate surface area is 112 Å². The third kappa shape index (κ3) is 2.74. The zero-order chi connectivity index (χ0) is 13.1. The molecule has 0 aromatic heterocycles. The topological polar surface area (TPSA) is 49.9 Å². The summed E-state index contributed by atoms with van der Waals surface area (Å²) in [6.45, 7) is 4.10. The number of amidine groups is 1. The summed E-state index contributed by atoms with van der Waals surface area (Å²) in [4.78, 5) is 2.23. The highest BCUT2D eigenvalue weighted by molar-refractivity contribution is 7.99. The van der Waals surface area contributed by atoms with Crippen LogP contribution in [0.3, 0.4) is 0 Å². The minimum absolute atomic E-state index is 0.120.